The summed E-state index contributed by atoms with van der Waals surface area (Å²) in [6.07, 6.45) is 1.31. The second kappa shape index (κ2) is 5.97. The van der Waals surface area contributed by atoms with Crippen molar-refractivity contribution in [3.63, 3.8) is 0 Å². The van der Waals surface area contributed by atoms with Crippen molar-refractivity contribution in [1.82, 2.24) is 4.41 Å². The van der Waals surface area contributed by atoms with E-state index in [0.29, 0.717) is 5.56 Å². The molecule has 5 nitrogen and oxygen atoms in total. The van der Waals surface area contributed by atoms with Gasteiger partial charge in [0.05, 0.1) is 11.1 Å². The van der Waals surface area contributed by atoms with Gasteiger partial charge in [-0.3, -0.25) is 0 Å². The van der Waals surface area contributed by atoms with Crippen LogP contribution in [0, 0.1) is 6.92 Å². The summed E-state index contributed by atoms with van der Waals surface area (Å²) in [5, 5.41) is 13.5. The highest BCUT2D eigenvalue weighted by Gasteiger charge is 2.18. The summed E-state index contributed by atoms with van der Waals surface area (Å²) in [6, 6.07) is 13.1. The number of benzene rings is 2. The van der Waals surface area contributed by atoms with Crippen LogP contribution in [0.4, 0.5) is 0 Å². The fraction of sp³-hybridized carbons (Fsp3) is 0.133. The molecule has 0 amide bonds. The minimum Gasteiger partial charge on any atom is -0.507 e. The lowest BCUT2D eigenvalue weighted by molar-refractivity contribution is 0.473. The van der Waals surface area contributed by atoms with Gasteiger partial charge in [-0.05, 0) is 31.2 Å². The Morgan fingerprint density at radius 2 is 1.71 bits per heavy atom. The Bertz CT molecular complexity index is 753. The van der Waals surface area contributed by atoms with Gasteiger partial charge in [-0.2, -0.15) is 17.9 Å². The van der Waals surface area contributed by atoms with Crippen LogP contribution in [0.25, 0.3) is 0 Å². The van der Waals surface area contributed by atoms with E-state index in [-0.39, 0.29) is 10.6 Å². The van der Waals surface area contributed by atoms with Crippen molar-refractivity contribution in [2.75, 3.05) is 7.05 Å². The zero-order valence-electron chi connectivity index (χ0n) is 11.8. The summed E-state index contributed by atoms with van der Waals surface area (Å²) >= 11 is 0. The molecule has 21 heavy (non-hydrogen) atoms. The van der Waals surface area contributed by atoms with Gasteiger partial charge in [0.15, 0.2) is 0 Å². The van der Waals surface area contributed by atoms with Crippen LogP contribution in [-0.4, -0.2) is 31.2 Å². The van der Waals surface area contributed by atoms with Crippen LogP contribution < -0.4 is 0 Å². The van der Waals surface area contributed by atoms with Gasteiger partial charge >= 0.3 is 0 Å². The van der Waals surface area contributed by atoms with Crippen LogP contribution in [0.1, 0.15) is 11.1 Å². The molecule has 0 heterocycles. The van der Waals surface area contributed by atoms with Crippen molar-refractivity contribution in [2.24, 2.45) is 5.10 Å². The van der Waals surface area contributed by atoms with E-state index < -0.39 is 10.0 Å². The highest BCUT2D eigenvalue weighted by atomic mass is 32.2. The molecule has 6 heteroatoms. The smallest absolute Gasteiger partial charge is 0.278 e. The fourth-order valence-corrected chi connectivity index (χ4v) is 2.62. The predicted molar refractivity (Wildman–Crippen MR) is 81.8 cm³/mol. The Morgan fingerprint density at radius 1 is 1.10 bits per heavy atom. The third kappa shape index (κ3) is 3.41. The van der Waals surface area contributed by atoms with Gasteiger partial charge in [-0.15, -0.1) is 0 Å². The monoisotopic (exact) mass is 304 g/mol. The number of aryl methyl sites for hydroxylation is 1. The highest BCUT2D eigenvalue weighted by Crippen LogP contribution is 2.16. The number of phenolic OH excluding ortho intramolecular Hbond substituents is 1. The third-order valence-electron chi connectivity index (χ3n) is 2.96. The molecule has 0 unspecified atom stereocenters. The highest BCUT2D eigenvalue weighted by molar-refractivity contribution is 7.89. The predicted octanol–water partition coefficient (Wildman–Crippen LogP) is 2.36. The molecule has 1 N–H and O–H groups in total. The number of nitrogens with zero attached hydrogens (tertiary/aromatic N) is 2. The van der Waals surface area contributed by atoms with E-state index in [1.807, 2.05) is 6.92 Å². The number of hydrogen-bond donors (Lipinski definition) is 1. The maximum atomic E-state index is 12.3. The number of aromatic hydroxyl groups is 1. The molecule has 0 fully saturated rings. The van der Waals surface area contributed by atoms with E-state index in [0.717, 1.165) is 9.98 Å². The number of para-hydroxylation sites is 1. The molecular formula is C15H16N2O3S. The molecule has 0 aliphatic carbocycles. The van der Waals surface area contributed by atoms with Crippen LogP contribution in [0.3, 0.4) is 0 Å². The van der Waals surface area contributed by atoms with Gasteiger partial charge in [-0.25, -0.2) is 0 Å². The maximum absolute atomic E-state index is 12.3. The molecule has 0 saturated carbocycles. The second-order valence-electron chi connectivity index (χ2n) is 4.56. The first-order valence-electron chi connectivity index (χ1n) is 6.29. The molecular weight excluding hydrogens is 288 g/mol. The van der Waals surface area contributed by atoms with Crippen LogP contribution >= 0.6 is 0 Å². The van der Waals surface area contributed by atoms with Gasteiger partial charge in [0.25, 0.3) is 10.0 Å². The molecule has 110 valence electrons. The molecule has 2 aromatic rings. The molecule has 0 aliphatic rings. The summed E-state index contributed by atoms with van der Waals surface area (Å²) in [5.74, 6) is 0.0439. The molecule has 0 saturated heterocycles. The molecule has 0 radical (unpaired) electrons. The minimum absolute atomic E-state index is 0.0439. The van der Waals surface area contributed by atoms with Crippen LogP contribution in [-0.2, 0) is 10.0 Å². The van der Waals surface area contributed by atoms with Crippen LogP contribution in [0.15, 0.2) is 58.5 Å². The van der Waals surface area contributed by atoms with E-state index in [1.54, 1.807) is 30.3 Å². The molecule has 0 bridgehead atoms. The van der Waals surface area contributed by atoms with E-state index in [4.69, 9.17) is 0 Å². The van der Waals surface area contributed by atoms with Crippen molar-refractivity contribution in [3.8, 4) is 5.75 Å². The number of rotatable bonds is 4. The van der Waals surface area contributed by atoms with Crippen molar-refractivity contribution < 1.29 is 13.5 Å². The third-order valence-corrected chi connectivity index (χ3v) is 4.62. The van der Waals surface area contributed by atoms with Crippen molar-refractivity contribution in [1.29, 1.82) is 0 Å². The number of hydrazone groups is 1. The fourth-order valence-electron chi connectivity index (χ4n) is 1.67. The van der Waals surface area contributed by atoms with E-state index in [9.17, 15) is 13.5 Å². The summed E-state index contributed by atoms with van der Waals surface area (Å²) in [5.41, 5.74) is 1.43. The van der Waals surface area contributed by atoms with Gasteiger partial charge in [0, 0.05) is 12.6 Å². The maximum Gasteiger partial charge on any atom is 0.278 e. The normalized spacial score (nSPS) is 11.7. The number of phenols is 1. The number of sulfonamides is 1. The minimum atomic E-state index is -3.68. The summed E-state index contributed by atoms with van der Waals surface area (Å²) < 4.78 is 25.5. The quantitative estimate of drug-likeness (QED) is 0.696. The zero-order valence-corrected chi connectivity index (χ0v) is 12.6. The Morgan fingerprint density at radius 3 is 2.33 bits per heavy atom. The standard InChI is InChI=1S/C15H16N2O3S/c1-12-7-9-14(10-8-12)21(19,20)17(2)16-11-13-5-3-4-6-15(13)18/h3-11,18H,1-2H3/b16-11+. The first-order chi connectivity index (χ1) is 9.91. The zero-order chi connectivity index (χ0) is 15.5. The topological polar surface area (TPSA) is 70.0 Å². The number of hydrogen-bond acceptors (Lipinski definition) is 4. The average molecular weight is 304 g/mol. The van der Waals surface area contributed by atoms with E-state index >= 15 is 0 Å². The van der Waals surface area contributed by atoms with Gasteiger partial charge in [-0.1, -0.05) is 29.8 Å². The largest absolute Gasteiger partial charge is 0.507 e. The molecule has 0 atom stereocenters. The van der Waals surface area contributed by atoms with Gasteiger partial charge < -0.3 is 5.11 Å². The molecule has 2 rings (SSSR count). The first kappa shape index (κ1) is 15.1. The molecule has 2 aromatic carbocycles. The SMILES string of the molecule is Cc1ccc(S(=O)(=O)N(C)/N=C/c2ccccc2O)cc1. The van der Waals surface area contributed by atoms with Crippen molar-refractivity contribution in [2.45, 2.75) is 11.8 Å². The first-order valence-corrected chi connectivity index (χ1v) is 7.73. The average Bonchev–Trinajstić information content (AvgIpc) is 2.46. The Labute approximate surface area is 124 Å². The summed E-state index contributed by atoms with van der Waals surface area (Å²) in [6.45, 7) is 1.89. The molecule has 0 spiro atoms. The lowest BCUT2D eigenvalue weighted by Gasteiger charge is -2.13. The Balaban J connectivity index is 2.25. The lowest BCUT2D eigenvalue weighted by atomic mass is 10.2. The van der Waals surface area contributed by atoms with Crippen molar-refractivity contribution >= 4 is 16.2 Å². The van der Waals surface area contributed by atoms with Crippen LogP contribution in [0.2, 0.25) is 0 Å². The molecule has 0 aromatic heterocycles. The van der Waals surface area contributed by atoms with Crippen LogP contribution in [0.5, 0.6) is 5.75 Å². The molecule has 0 aliphatic heterocycles. The van der Waals surface area contributed by atoms with Crippen molar-refractivity contribution in [3.05, 3.63) is 59.7 Å². The summed E-state index contributed by atoms with van der Waals surface area (Å²) in [4.78, 5) is 0.171. The van der Waals surface area contributed by atoms with Gasteiger partial charge in [0.1, 0.15) is 5.75 Å². The van der Waals surface area contributed by atoms with E-state index in [2.05, 4.69) is 5.10 Å². The van der Waals surface area contributed by atoms with Gasteiger partial charge in [0.2, 0.25) is 0 Å². The Kier molecular flexibility index (Phi) is 4.28. The Hall–Kier alpha value is -2.34. The lowest BCUT2D eigenvalue weighted by Crippen LogP contribution is -2.21. The van der Waals surface area contributed by atoms with E-state index in [1.165, 1.54) is 31.5 Å². The second-order valence-corrected chi connectivity index (χ2v) is 6.51. The summed E-state index contributed by atoms with van der Waals surface area (Å²) in [7, 11) is -2.33.